The Hall–Kier alpha value is 2.38. The SMILES string of the molecule is CC1=[C]([Ti])CC=C1.I[I-]I. The standard InChI is InChI=1S/C6H7.I3.Ti/c1-6-4-2-3-5-6;1-3-2;/h2,4H,3H2,1H3;;/q;-1;. The Morgan fingerprint density at radius 2 is 2.10 bits per heavy atom. The number of hydrogen-bond donors (Lipinski definition) is 0. The summed E-state index contributed by atoms with van der Waals surface area (Å²) in [5.74, 6) is 0. The Kier molecular flexibility index (Phi) is 9.91. The Bertz CT molecular complexity index is 151. The van der Waals surface area contributed by atoms with Crippen molar-refractivity contribution in [3.05, 3.63) is 21.6 Å². The van der Waals surface area contributed by atoms with E-state index in [1.165, 1.54) is 15.9 Å². The molecule has 1 aliphatic carbocycles. The van der Waals surface area contributed by atoms with Crippen molar-refractivity contribution < 1.29 is 33.7 Å². The summed E-state index contributed by atoms with van der Waals surface area (Å²) >= 11 is 7.48. The Labute approximate surface area is 104 Å². The summed E-state index contributed by atoms with van der Waals surface area (Å²) in [6.45, 7) is 2.15. The van der Waals surface area contributed by atoms with E-state index in [2.05, 4.69) is 76.7 Å². The van der Waals surface area contributed by atoms with Gasteiger partial charge in [-0.1, -0.05) is 0 Å². The molecule has 0 aromatic rings. The van der Waals surface area contributed by atoms with Gasteiger partial charge in [0.15, 0.2) is 0 Å². The van der Waals surface area contributed by atoms with Gasteiger partial charge in [0.2, 0.25) is 0 Å². The Morgan fingerprint density at radius 3 is 2.20 bits per heavy atom. The zero-order valence-electron chi connectivity index (χ0n) is 5.50. The van der Waals surface area contributed by atoms with Gasteiger partial charge in [0, 0.05) is 0 Å². The van der Waals surface area contributed by atoms with Gasteiger partial charge in [-0.05, 0) is 0 Å². The molecule has 0 amide bonds. The molecule has 0 fully saturated rings. The van der Waals surface area contributed by atoms with Gasteiger partial charge in [-0.3, -0.25) is 0 Å². The van der Waals surface area contributed by atoms with Crippen molar-refractivity contribution in [2.24, 2.45) is 0 Å². The van der Waals surface area contributed by atoms with E-state index < -0.39 is 0 Å². The molecule has 0 saturated carbocycles. The molecular weight excluding hydrogens is 501 g/mol. The van der Waals surface area contributed by atoms with Crippen molar-refractivity contribution in [2.75, 3.05) is 0 Å². The fourth-order valence-electron chi connectivity index (χ4n) is 0.615. The van der Waals surface area contributed by atoms with E-state index in [0.717, 1.165) is 0 Å². The molecule has 1 aliphatic rings. The van der Waals surface area contributed by atoms with E-state index >= 15 is 0 Å². The predicted octanol–water partition coefficient (Wildman–Crippen LogP) is 0.543. The number of allylic oxidation sites excluding steroid dienone is 4. The van der Waals surface area contributed by atoms with Crippen LogP contribution < -0.4 is 13.3 Å². The third-order valence-corrected chi connectivity index (χ3v) is 2.10. The van der Waals surface area contributed by atoms with Crippen LogP contribution in [-0.2, 0) is 20.4 Å². The van der Waals surface area contributed by atoms with Gasteiger partial charge in [0.25, 0.3) is 0 Å². The van der Waals surface area contributed by atoms with Crippen LogP contribution in [0.2, 0.25) is 0 Å². The van der Waals surface area contributed by atoms with Crippen molar-refractivity contribution in [1.82, 2.24) is 0 Å². The van der Waals surface area contributed by atoms with Crippen LogP contribution in [0.3, 0.4) is 0 Å². The molecule has 0 aliphatic heterocycles. The molecule has 1 rings (SSSR count). The molecule has 0 unspecified atom stereocenters. The molecule has 0 aromatic heterocycles. The van der Waals surface area contributed by atoms with Gasteiger partial charge in [0.1, 0.15) is 0 Å². The average molecular weight is 508 g/mol. The van der Waals surface area contributed by atoms with E-state index in [-0.39, 0.29) is 0 Å². The first kappa shape index (κ1) is 12.4. The van der Waals surface area contributed by atoms with Crippen molar-refractivity contribution in [3.63, 3.8) is 0 Å². The van der Waals surface area contributed by atoms with Crippen LogP contribution in [0.25, 0.3) is 0 Å². The second-order valence-electron chi connectivity index (χ2n) is 1.82. The van der Waals surface area contributed by atoms with Crippen LogP contribution >= 0.6 is 37.2 Å². The molecule has 0 N–H and O–H groups in total. The quantitative estimate of drug-likeness (QED) is 0.332. The number of rotatable bonds is 0. The number of halogens is 3. The van der Waals surface area contributed by atoms with Crippen LogP contribution in [0, 0.1) is 0 Å². The minimum atomic E-state index is 0.530. The second kappa shape index (κ2) is 8.00. The van der Waals surface area contributed by atoms with Gasteiger partial charge in [-0.25, -0.2) is 0 Å². The van der Waals surface area contributed by atoms with E-state index in [4.69, 9.17) is 0 Å². The maximum absolute atomic E-state index is 2.39. The first-order valence-electron chi connectivity index (χ1n) is 2.67. The molecule has 4 heteroatoms. The molecule has 0 radical (unpaired) electrons. The first-order valence-corrected chi connectivity index (χ1v) is 16.0. The van der Waals surface area contributed by atoms with E-state index in [1.807, 2.05) is 0 Å². The number of hydrogen-bond acceptors (Lipinski definition) is 0. The molecule has 0 nitrogen and oxygen atoms in total. The summed E-state index contributed by atoms with van der Waals surface area (Å²) in [5.41, 5.74) is 1.44. The average Bonchev–Trinajstić information content (AvgIpc) is 2.19. The summed E-state index contributed by atoms with van der Waals surface area (Å²) < 4.78 is 1.51. The molecule has 0 saturated heterocycles. The van der Waals surface area contributed by atoms with Gasteiger partial charge < -0.3 is 0 Å². The summed E-state index contributed by atoms with van der Waals surface area (Å²) in [5, 5.41) is 0. The normalized spacial score (nSPS) is 15.4. The minimum absolute atomic E-state index is 0.530. The van der Waals surface area contributed by atoms with E-state index in [0.29, 0.717) is 13.3 Å². The summed E-state index contributed by atoms with van der Waals surface area (Å²) in [6.07, 6.45) is 5.55. The molecule has 57 valence electrons. The van der Waals surface area contributed by atoms with Gasteiger partial charge >= 0.3 is 106 Å². The van der Waals surface area contributed by atoms with E-state index in [9.17, 15) is 0 Å². The zero-order chi connectivity index (χ0) is 7.98. The van der Waals surface area contributed by atoms with E-state index in [1.54, 1.807) is 0 Å². The maximum atomic E-state index is 2.39. The summed E-state index contributed by atoms with van der Waals surface area (Å²) in [6, 6.07) is 0. The van der Waals surface area contributed by atoms with Gasteiger partial charge in [0.05, 0.1) is 0 Å². The fraction of sp³-hybridized carbons (Fsp3) is 0.333. The topological polar surface area (TPSA) is 0 Å². The third kappa shape index (κ3) is 5.96. The molecule has 0 spiro atoms. The molecule has 0 atom stereocenters. The molecule has 0 aromatic carbocycles. The van der Waals surface area contributed by atoms with Gasteiger partial charge in [-0.2, -0.15) is 0 Å². The van der Waals surface area contributed by atoms with Crippen LogP contribution in [0.4, 0.5) is 0 Å². The van der Waals surface area contributed by atoms with Gasteiger partial charge in [-0.15, -0.1) is 0 Å². The second-order valence-corrected chi connectivity index (χ2v) is 19.0. The first-order chi connectivity index (χ1) is 4.72. The van der Waals surface area contributed by atoms with Crippen molar-refractivity contribution in [3.8, 4) is 0 Å². The molecule has 0 bridgehead atoms. The van der Waals surface area contributed by atoms with Crippen molar-refractivity contribution in [1.29, 1.82) is 0 Å². The fourth-order valence-corrected chi connectivity index (χ4v) is 0.929. The van der Waals surface area contributed by atoms with Crippen molar-refractivity contribution in [2.45, 2.75) is 13.3 Å². The Balaban J connectivity index is 0.000000236. The molecule has 0 heterocycles. The zero-order valence-corrected chi connectivity index (χ0v) is 13.5. The third-order valence-electron chi connectivity index (χ3n) is 1.17. The van der Waals surface area contributed by atoms with Crippen LogP contribution in [0.15, 0.2) is 21.6 Å². The monoisotopic (exact) mass is 508 g/mol. The van der Waals surface area contributed by atoms with Crippen LogP contribution in [-0.4, -0.2) is 0 Å². The summed E-state index contributed by atoms with van der Waals surface area (Å²) in [4.78, 5) is 0. The molecule has 10 heavy (non-hydrogen) atoms. The van der Waals surface area contributed by atoms with Crippen molar-refractivity contribution >= 4 is 37.2 Å². The summed E-state index contributed by atoms with van der Waals surface area (Å²) in [7, 11) is 0. The molecular formula is C6H7I3Ti-. The van der Waals surface area contributed by atoms with Crippen LogP contribution in [0.5, 0.6) is 0 Å². The Morgan fingerprint density at radius 1 is 1.60 bits per heavy atom. The van der Waals surface area contributed by atoms with Crippen LogP contribution in [0.1, 0.15) is 13.3 Å². The predicted molar refractivity (Wildman–Crippen MR) is 54.5 cm³/mol.